The molecule has 4 rings (SSSR count). The molecule has 0 saturated heterocycles. The fraction of sp³-hybridized carbons (Fsp3) is 0. The number of hydrogen-bond acceptors (Lipinski definition) is 1. The SMILES string of the molecule is [O]c1ccc2ccccc2c1Oc1ccc2ccccc2c1. The molecule has 0 aromatic heterocycles. The van der Waals surface area contributed by atoms with Crippen molar-refractivity contribution in [1.82, 2.24) is 0 Å². The second kappa shape index (κ2) is 5.08. The fourth-order valence-electron chi connectivity index (χ4n) is 2.68. The van der Waals surface area contributed by atoms with Crippen molar-refractivity contribution in [2.24, 2.45) is 0 Å². The Hall–Kier alpha value is -3.00. The Morgan fingerprint density at radius 2 is 1.32 bits per heavy atom. The van der Waals surface area contributed by atoms with Gasteiger partial charge in [-0.2, -0.15) is 0 Å². The van der Waals surface area contributed by atoms with E-state index in [0.29, 0.717) is 11.5 Å². The second-order valence-electron chi connectivity index (χ2n) is 5.22. The van der Waals surface area contributed by atoms with Gasteiger partial charge in [-0.05, 0) is 34.4 Å². The summed E-state index contributed by atoms with van der Waals surface area (Å²) < 4.78 is 5.92. The number of benzene rings is 4. The Kier molecular flexibility index (Phi) is 2.94. The second-order valence-corrected chi connectivity index (χ2v) is 5.22. The fourth-order valence-corrected chi connectivity index (χ4v) is 2.68. The third-order valence-electron chi connectivity index (χ3n) is 3.78. The summed E-state index contributed by atoms with van der Waals surface area (Å²) in [6, 6.07) is 25.0. The van der Waals surface area contributed by atoms with Gasteiger partial charge in [0, 0.05) is 5.39 Å². The summed E-state index contributed by atoms with van der Waals surface area (Å²) in [6.45, 7) is 0. The highest BCUT2D eigenvalue weighted by molar-refractivity contribution is 5.91. The smallest absolute Gasteiger partial charge is 0.221 e. The molecule has 4 aromatic carbocycles. The highest BCUT2D eigenvalue weighted by atomic mass is 16.5. The summed E-state index contributed by atoms with van der Waals surface area (Å²) in [4.78, 5) is 0. The van der Waals surface area contributed by atoms with Crippen molar-refractivity contribution in [2.75, 3.05) is 0 Å². The summed E-state index contributed by atoms with van der Waals surface area (Å²) >= 11 is 0. The van der Waals surface area contributed by atoms with Crippen LogP contribution >= 0.6 is 0 Å². The average molecular weight is 285 g/mol. The molecule has 0 saturated carbocycles. The molecular formula is C20H13O2. The average Bonchev–Trinajstić information content (AvgIpc) is 2.57. The van der Waals surface area contributed by atoms with Gasteiger partial charge in [-0.1, -0.05) is 60.7 Å². The Bertz CT molecular complexity index is 973. The molecule has 0 aliphatic heterocycles. The van der Waals surface area contributed by atoms with Crippen LogP contribution in [-0.2, 0) is 5.11 Å². The van der Waals surface area contributed by atoms with Crippen molar-refractivity contribution < 1.29 is 9.84 Å². The third kappa shape index (κ3) is 2.15. The predicted molar refractivity (Wildman–Crippen MR) is 88.1 cm³/mol. The Morgan fingerprint density at radius 3 is 2.18 bits per heavy atom. The predicted octanol–water partition coefficient (Wildman–Crippen LogP) is 5.93. The normalized spacial score (nSPS) is 10.9. The number of ether oxygens (including phenoxy) is 1. The van der Waals surface area contributed by atoms with Crippen molar-refractivity contribution in [1.29, 1.82) is 0 Å². The first-order valence-electron chi connectivity index (χ1n) is 7.17. The molecule has 4 aromatic rings. The van der Waals surface area contributed by atoms with Crippen molar-refractivity contribution >= 4 is 21.5 Å². The molecule has 0 amide bonds. The molecule has 0 heterocycles. The van der Waals surface area contributed by atoms with Gasteiger partial charge in [0.25, 0.3) is 0 Å². The minimum absolute atomic E-state index is 0.105. The molecular weight excluding hydrogens is 272 g/mol. The van der Waals surface area contributed by atoms with E-state index in [9.17, 15) is 5.11 Å². The van der Waals surface area contributed by atoms with Crippen LogP contribution in [0.2, 0.25) is 0 Å². The van der Waals surface area contributed by atoms with Gasteiger partial charge >= 0.3 is 0 Å². The van der Waals surface area contributed by atoms with Gasteiger partial charge in [0.15, 0.2) is 5.75 Å². The first-order valence-corrected chi connectivity index (χ1v) is 7.17. The largest absolute Gasteiger partial charge is 0.453 e. The monoisotopic (exact) mass is 285 g/mol. The van der Waals surface area contributed by atoms with Crippen LogP contribution in [0.25, 0.3) is 21.5 Å². The zero-order valence-corrected chi connectivity index (χ0v) is 11.8. The molecule has 0 fully saturated rings. The van der Waals surface area contributed by atoms with E-state index in [1.165, 1.54) is 0 Å². The quantitative estimate of drug-likeness (QED) is 0.449. The van der Waals surface area contributed by atoms with E-state index in [-0.39, 0.29) is 5.75 Å². The van der Waals surface area contributed by atoms with Gasteiger partial charge in [-0.3, -0.25) is 5.11 Å². The lowest BCUT2D eigenvalue weighted by Gasteiger charge is -2.10. The van der Waals surface area contributed by atoms with Crippen molar-refractivity contribution in [3.63, 3.8) is 0 Å². The highest BCUT2D eigenvalue weighted by Crippen LogP contribution is 2.38. The topological polar surface area (TPSA) is 29.1 Å². The van der Waals surface area contributed by atoms with Gasteiger partial charge < -0.3 is 4.74 Å². The third-order valence-corrected chi connectivity index (χ3v) is 3.78. The van der Waals surface area contributed by atoms with Gasteiger partial charge in [0.1, 0.15) is 5.75 Å². The van der Waals surface area contributed by atoms with Gasteiger partial charge in [-0.15, -0.1) is 0 Å². The first kappa shape index (κ1) is 12.7. The molecule has 0 unspecified atom stereocenters. The van der Waals surface area contributed by atoms with Crippen molar-refractivity contribution in [3.05, 3.63) is 78.9 Å². The lowest BCUT2D eigenvalue weighted by atomic mass is 10.1. The molecule has 1 radical (unpaired) electrons. The summed E-state index contributed by atoms with van der Waals surface area (Å²) in [5.41, 5.74) is 0. The maximum atomic E-state index is 12.2. The first-order chi connectivity index (χ1) is 10.8. The van der Waals surface area contributed by atoms with Crippen LogP contribution in [-0.4, -0.2) is 0 Å². The van der Waals surface area contributed by atoms with E-state index in [2.05, 4.69) is 6.07 Å². The molecule has 2 heteroatoms. The van der Waals surface area contributed by atoms with Crippen LogP contribution < -0.4 is 4.74 Å². The van der Waals surface area contributed by atoms with Crippen LogP contribution in [0.5, 0.6) is 17.2 Å². The summed E-state index contributed by atoms with van der Waals surface area (Å²) in [5, 5.41) is 16.2. The van der Waals surface area contributed by atoms with E-state index in [1.54, 1.807) is 6.07 Å². The molecule has 0 spiro atoms. The summed E-state index contributed by atoms with van der Waals surface area (Å²) in [7, 11) is 0. The van der Waals surface area contributed by atoms with E-state index in [1.807, 2.05) is 66.7 Å². The molecule has 0 atom stereocenters. The van der Waals surface area contributed by atoms with Gasteiger partial charge in [0.2, 0.25) is 5.75 Å². The van der Waals surface area contributed by atoms with E-state index in [0.717, 1.165) is 21.5 Å². The lowest BCUT2D eigenvalue weighted by Crippen LogP contribution is -1.87. The van der Waals surface area contributed by atoms with E-state index >= 15 is 0 Å². The van der Waals surface area contributed by atoms with Crippen LogP contribution in [0.4, 0.5) is 0 Å². The van der Waals surface area contributed by atoms with Crippen molar-refractivity contribution in [2.45, 2.75) is 0 Å². The number of hydrogen-bond donors (Lipinski definition) is 0. The molecule has 0 aliphatic rings. The molecule has 2 nitrogen and oxygen atoms in total. The maximum absolute atomic E-state index is 12.2. The lowest BCUT2D eigenvalue weighted by molar-refractivity contribution is 0.331. The van der Waals surface area contributed by atoms with Gasteiger partial charge in [-0.25, -0.2) is 0 Å². The molecule has 0 N–H and O–H groups in total. The number of fused-ring (bicyclic) bond motifs is 2. The molecule has 22 heavy (non-hydrogen) atoms. The summed E-state index contributed by atoms with van der Waals surface area (Å²) in [5.74, 6) is 0.951. The van der Waals surface area contributed by atoms with Crippen LogP contribution in [0, 0.1) is 0 Å². The molecule has 0 bridgehead atoms. The number of rotatable bonds is 2. The minimum atomic E-state index is -0.105. The zero-order valence-electron chi connectivity index (χ0n) is 11.8. The Labute approximate surface area is 128 Å². The Morgan fingerprint density at radius 1 is 0.636 bits per heavy atom. The van der Waals surface area contributed by atoms with Crippen molar-refractivity contribution in [3.8, 4) is 17.2 Å². The van der Waals surface area contributed by atoms with Gasteiger partial charge in [0.05, 0.1) is 0 Å². The Balaban J connectivity index is 1.83. The van der Waals surface area contributed by atoms with E-state index < -0.39 is 0 Å². The minimum Gasteiger partial charge on any atom is -0.453 e. The van der Waals surface area contributed by atoms with E-state index in [4.69, 9.17) is 4.74 Å². The standard InChI is InChI=1S/C20H13O2/c21-19-12-10-15-6-3-4-8-18(15)20(19)22-17-11-9-14-5-1-2-7-16(14)13-17/h1-13H. The zero-order chi connectivity index (χ0) is 14.9. The van der Waals surface area contributed by atoms with Crippen LogP contribution in [0.15, 0.2) is 78.9 Å². The highest BCUT2D eigenvalue weighted by Gasteiger charge is 2.11. The molecule has 105 valence electrons. The molecule has 0 aliphatic carbocycles. The summed E-state index contributed by atoms with van der Waals surface area (Å²) in [6.07, 6.45) is 0. The maximum Gasteiger partial charge on any atom is 0.221 e. The van der Waals surface area contributed by atoms with Crippen LogP contribution in [0.1, 0.15) is 0 Å². The van der Waals surface area contributed by atoms with Crippen LogP contribution in [0.3, 0.4) is 0 Å².